The molecule has 1 rings (SSSR count). The molecule has 2 N–H and O–H groups in total. The van der Waals surface area contributed by atoms with Gasteiger partial charge in [0.2, 0.25) is 0 Å². The minimum Gasteiger partial charge on any atom is -0.394 e. The van der Waals surface area contributed by atoms with Gasteiger partial charge in [-0.3, -0.25) is 4.90 Å². The average molecular weight is 286 g/mol. The van der Waals surface area contributed by atoms with Crippen LogP contribution in [0.2, 0.25) is 0 Å². The van der Waals surface area contributed by atoms with E-state index in [0.29, 0.717) is 12.1 Å². The van der Waals surface area contributed by atoms with Gasteiger partial charge in [-0.1, -0.05) is 6.92 Å². The predicted molar refractivity (Wildman–Crippen MR) is 84.0 cm³/mol. The summed E-state index contributed by atoms with van der Waals surface area (Å²) in [6, 6.07) is 1.06. The lowest BCUT2D eigenvalue weighted by Gasteiger charge is -2.39. The number of aliphatic hydroxyl groups is 1. The topological polar surface area (TPSA) is 44.7 Å². The first kappa shape index (κ1) is 17.9. The molecule has 0 aliphatic heterocycles. The fourth-order valence-electron chi connectivity index (χ4n) is 3.26. The van der Waals surface area contributed by atoms with Crippen molar-refractivity contribution in [2.45, 2.75) is 64.6 Å². The predicted octanol–water partition coefficient (Wildman–Crippen LogP) is 1.87. The van der Waals surface area contributed by atoms with Gasteiger partial charge in [0.05, 0.1) is 13.2 Å². The van der Waals surface area contributed by atoms with Crippen LogP contribution in [0.1, 0.15) is 47.0 Å². The van der Waals surface area contributed by atoms with Gasteiger partial charge in [0.15, 0.2) is 0 Å². The van der Waals surface area contributed by atoms with E-state index in [1.807, 2.05) is 0 Å². The molecule has 0 radical (unpaired) electrons. The van der Waals surface area contributed by atoms with Gasteiger partial charge in [0.1, 0.15) is 0 Å². The summed E-state index contributed by atoms with van der Waals surface area (Å²) in [6.45, 7) is 11.6. The summed E-state index contributed by atoms with van der Waals surface area (Å²) in [5.74, 6) is 0.855. The number of nitrogens with one attached hydrogen (secondary N) is 1. The molecule has 4 heteroatoms. The first-order chi connectivity index (χ1) is 9.47. The molecular weight excluding hydrogens is 252 g/mol. The van der Waals surface area contributed by atoms with Crippen LogP contribution in [-0.4, -0.2) is 61.0 Å². The molecule has 1 fully saturated rings. The fraction of sp³-hybridized carbons (Fsp3) is 1.00. The summed E-state index contributed by atoms with van der Waals surface area (Å²) < 4.78 is 5.27. The van der Waals surface area contributed by atoms with Gasteiger partial charge in [0.25, 0.3) is 0 Å². The number of nitrogens with zero attached hydrogens (tertiary/aromatic N) is 1. The van der Waals surface area contributed by atoms with Crippen LogP contribution in [0.15, 0.2) is 0 Å². The SMILES string of the molecule is CCNC(C)(CO)CC(C)N(CCOC)C(C)C1CC1. The van der Waals surface area contributed by atoms with E-state index in [4.69, 9.17) is 4.74 Å². The normalized spacial score (nSPS) is 21.8. The number of methoxy groups -OCH3 is 1. The Labute approximate surface area is 124 Å². The van der Waals surface area contributed by atoms with E-state index < -0.39 is 0 Å². The van der Waals surface area contributed by atoms with E-state index in [1.54, 1.807) is 7.11 Å². The van der Waals surface area contributed by atoms with Crippen molar-refractivity contribution in [2.75, 3.05) is 33.4 Å². The molecule has 0 aromatic heterocycles. The molecular formula is C16H34N2O2. The van der Waals surface area contributed by atoms with Gasteiger partial charge in [-0.15, -0.1) is 0 Å². The lowest BCUT2D eigenvalue weighted by atomic mass is 9.92. The number of ether oxygens (including phenoxy) is 1. The minimum absolute atomic E-state index is 0.182. The van der Waals surface area contributed by atoms with Crippen LogP contribution in [-0.2, 0) is 4.74 Å². The zero-order valence-corrected chi connectivity index (χ0v) is 14.0. The van der Waals surface area contributed by atoms with Gasteiger partial charge in [-0.2, -0.15) is 0 Å². The Bertz CT molecular complexity index is 271. The van der Waals surface area contributed by atoms with Crippen molar-refractivity contribution in [3.05, 3.63) is 0 Å². The smallest absolute Gasteiger partial charge is 0.0611 e. The minimum atomic E-state index is -0.192. The van der Waals surface area contributed by atoms with Crippen LogP contribution in [0, 0.1) is 5.92 Å². The van der Waals surface area contributed by atoms with Crippen LogP contribution in [0.5, 0.6) is 0 Å². The van der Waals surface area contributed by atoms with Crippen LogP contribution < -0.4 is 5.32 Å². The van der Waals surface area contributed by atoms with E-state index in [9.17, 15) is 5.11 Å². The summed E-state index contributed by atoms with van der Waals surface area (Å²) in [6.07, 6.45) is 3.68. The van der Waals surface area contributed by atoms with Crippen LogP contribution in [0.3, 0.4) is 0 Å². The second-order valence-electron chi connectivity index (χ2n) is 6.61. The molecule has 0 amide bonds. The highest BCUT2D eigenvalue weighted by Crippen LogP contribution is 2.36. The summed E-state index contributed by atoms with van der Waals surface area (Å²) >= 11 is 0. The van der Waals surface area contributed by atoms with E-state index in [-0.39, 0.29) is 12.1 Å². The second kappa shape index (κ2) is 8.32. The molecule has 4 nitrogen and oxygen atoms in total. The number of rotatable bonds is 11. The average Bonchev–Trinajstić information content (AvgIpc) is 3.23. The molecule has 0 bridgehead atoms. The summed E-state index contributed by atoms with van der Waals surface area (Å²) in [4.78, 5) is 2.56. The monoisotopic (exact) mass is 286 g/mol. The quantitative estimate of drug-likeness (QED) is 0.609. The number of hydrogen-bond donors (Lipinski definition) is 2. The lowest BCUT2D eigenvalue weighted by Crippen LogP contribution is -2.52. The Morgan fingerprint density at radius 3 is 2.50 bits per heavy atom. The highest BCUT2D eigenvalue weighted by molar-refractivity contribution is 4.91. The molecule has 1 saturated carbocycles. The zero-order valence-electron chi connectivity index (χ0n) is 14.0. The maximum Gasteiger partial charge on any atom is 0.0611 e. The van der Waals surface area contributed by atoms with Crippen molar-refractivity contribution in [1.82, 2.24) is 10.2 Å². The third-order valence-corrected chi connectivity index (χ3v) is 4.65. The van der Waals surface area contributed by atoms with Gasteiger partial charge in [0, 0.05) is 31.3 Å². The second-order valence-corrected chi connectivity index (χ2v) is 6.61. The number of hydrogen-bond acceptors (Lipinski definition) is 4. The third-order valence-electron chi connectivity index (χ3n) is 4.65. The highest BCUT2D eigenvalue weighted by atomic mass is 16.5. The third kappa shape index (κ3) is 5.32. The Morgan fingerprint density at radius 1 is 1.40 bits per heavy atom. The van der Waals surface area contributed by atoms with E-state index >= 15 is 0 Å². The van der Waals surface area contributed by atoms with Gasteiger partial charge >= 0.3 is 0 Å². The van der Waals surface area contributed by atoms with Crippen molar-refractivity contribution in [2.24, 2.45) is 5.92 Å². The van der Waals surface area contributed by atoms with Crippen LogP contribution in [0.25, 0.3) is 0 Å². The number of aliphatic hydroxyl groups excluding tert-OH is 1. The molecule has 3 unspecified atom stereocenters. The molecule has 20 heavy (non-hydrogen) atoms. The standard InChI is InChI=1S/C16H34N2O2/c1-6-17-16(4,12-19)11-13(2)18(9-10-20-5)14(3)15-7-8-15/h13-15,17,19H,6-12H2,1-5H3. The van der Waals surface area contributed by atoms with Crippen LogP contribution in [0.4, 0.5) is 0 Å². The van der Waals surface area contributed by atoms with Crippen molar-refractivity contribution in [3.8, 4) is 0 Å². The maximum atomic E-state index is 9.68. The van der Waals surface area contributed by atoms with E-state index in [2.05, 4.69) is 37.9 Å². The van der Waals surface area contributed by atoms with Gasteiger partial charge in [-0.05, 0) is 52.5 Å². The molecule has 0 aromatic rings. The zero-order chi connectivity index (χ0) is 15.2. The Hall–Kier alpha value is -0.160. The summed E-state index contributed by atoms with van der Waals surface area (Å²) in [5, 5.41) is 13.1. The van der Waals surface area contributed by atoms with Crippen molar-refractivity contribution in [3.63, 3.8) is 0 Å². The van der Waals surface area contributed by atoms with Crippen molar-refractivity contribution >= 4 is 0 Å². The molecule has 1 aliphatic carbocycles. The molecule has 120 valence electrons. The largest absolute Gasteiger partial charge is 0.394 e. The first-order valence-corrected chi connectivity index (χ1v) is 8.08. The summed E-state index contributed by atoms with van der Waals surface area (Å²) in [5.41, 5.74) is -0.192. The van der Waals surface area contributed by atoms with Crippen molar-refractivity contribution < 1.29 is 9.84 Å². The summed E-state index contributed by atoms with van der Waals surface area (Å²) in [7, 11) is 1.76. The Kier molecular flexibility index (Phi) is 7.45. The van der Waals surface area contributed by atoms with Crippen molar-refractivity contribution in [1.29, 1.82) is 0 Å². The lowest BCUT2D eigenvalue weighted by molar-refractivity contribution is 0.0602. The molecule has 0 spiro atoms. The van der Waals surface area contributed by atoms with Gasteiger partial charge in [-0.25, -0.2) is 0 Å². The molecule has 1 aliphatic rings. The molecule has 0 heterocycles. The molecule has 3 atom stereocenters. The molecule has 0 aromatic carbocycles. The highest BCUT2D eigenvalue weighted by Gasteiger charge is 2.36. The molecule has 0 saturated heterocycles. The van der Waals surface area contributed by atoms with E-state index in [0.717, 1.165) is 32.0 Å². The van der Waals surface area contributed by atoms with Crippen LogP contribution >= 0.6 is 0 Å². The van der Waals surface area contributed by atoms with E-state index in [1.165, 1.54) is 12.8 Å². The Morgan fingerprint density at radius 2 is 2.05 bits per heavy atom. The fourth-order valence-corrected chi connectivity index (χ4v) is 3.26. The first-order valence-electron chi connectivity index (χ1n) is 8.08. The number of likely N-dealkylation sites (N-methyl/N-ethyl adjacent to an activating group) is 1. The Balaban J connectivity index is 2.62. The maximum absolute atomic E-state index is 9.68. The van der Waals surface area contributed by atoms with Gasteiger partial charge < -0.3 is 15.2 Å².